The molecular formula is C55H41NS. The van der Waals surface area contributed by atoms with Crippen molar-refractivity contribution >= 4 is 39.6 Å². The Morgan fingerprint density at radius 1 is 0.474 bits per heavy atom. The lowest BCUT2D eigenvalue weighted by molar-refractivity contribution is 0.660. The Morgan fingerprint density at radius 2 is 1.11 bits per heavy atom. The van der Waals surface area contributed by atoms with Crippen molar-refractivity contribution < 1.29 is 0 Å². The van der Waals surface area contributed by atoms with Crippen molar-refractivity contribution in [3.63, 3.8) is 0 Å². The summed E-state index contributed by atoms with van der Waals surface area (Å²) in [5, 5.41) is 2.89. The highest BCUT2D eigenvalue weighted by atomic mass is 32.2. The molecule has 57 heavy (non-hydrogen) atoms. The first kappa shape index (κ1) is 33.9. The van der Waals surface area contributed by atoms with E-state index in [0.29, 0.717) is 11.2 Å². The summed E-state index contributed by atoms with van der Waals surface area (Å²) in [5.74, 6) is 0.361. The molecule has 2 atom stereocenters. The molecule has 272 valence electrons. The van der Waals surface area contributed by atoms with Crippen LogP contribution in [-0.4, -0.2) is 5.25 Å². The minimum Gasteiger partial charge on any atom is -0.310 e. The molecule has 0 amide bonds. The van der Waals surface area contributed by atoms with E-state index in [0.717, 1.165) is 11.4 Å². The van der Waals surface area contributed by atoms with E-state index in [1.165, 1.54) is 82.6 Å². The third-order valence-electron chi connectivity index (χ3n) is 12.4. The molecule has 0 aromatic heterocycles. The van der Waals surface area contributed by atoms with Gasteiger partial charge >= 0.3 is 0 Å². The molecule has 8 aromatic rings. The molecule has 0 spiro atoms. The minimum absolute atomic E-state index is 0.123. The average Bonchev–Trinajstić information content (AvgIpc) is 3.76. The Labute approximate surface area is 339 Å². The van der Waals surface area contributed by atoms with E-state index in [2.05, 4.69) is 219 Å². The monoisotopic (exact) mass is 747 g/mol. The van der Waals surface area contributed by atoms with Crippen LogP contribution >= 0.6 is 11.8 Å². The Hall–Kier alpha value is -6.35. The highest BCUT2D eigenvalue weighted by Crippen LogP contribution is 2.57. The third kappa shape index (κ3) is 5.54. The van der Waals surface area contributed by atoms with Crippen LogP contribution in [0, 0.1) is 0 Å². The van der Waals surface area contributed by atoms with Crippen LogP contribution in [0.5, 0.6) is 0 Å². The molecule has 0 N–H and O–H groups in total. The Bertz CT molecular complexity index is 2920. The fourth-order valence-corrected chi connectivity index (χ4v) is 11.1. The molecule has 0 saturated carbocycles. The summed E-state index contributed by atoms with van der Waals surface area (Å²) in [4.78, 5) is 3.90. The summed E-state index contributed by atoms with van der Waals surface area (Å²) in [6.45, 7) is 4.75. The van der Waals surface area contributed by atoms with Crippen molar-refractivity contribution in [3.05, 3.63) is 217 Å². The first-order chi connectivity index (χ1) is 28.0. The molecule has 0 saturated heterocycles. The number of hydrogen-bond acceptors (Lipinski definition) is 2. The lowest BCUT2D eigenvalue weighted by Gasteiger charge is -2.31. The molecule has 2 aliphatic carbocycles. The quantitative estimate of drug-likeness (QED) is 0.167. The molecule has 0 fully saturated rings. The van der Waals surface area contributed by atoms with Crippen LogP contribution in [0.2, 0.25) is 0 Å². The summed E-state index contributed by atoms with van der Waals surface area (Å²) >= 11 is 2.01. The highest BCUT2D eigenvalue weighted by Gasteiger charge is 2.37. The predicted molar refractivity (Wildman–Crippen MR) is 243 cm³/mol. The smallest absolute Gasteiger partial charge is 0.0551 e. The number of benzene rings is 8. The maximum Gasteiger partial charge on any atom is 0.0551 e. The molecule has 0 bridgehead atoms. The molecule has 11 rings (SSSR count). The van der Waals surface area contributed by atoms with E-state index in [-0.39, 0.29) is 5.41 Å². The van der Waals surface area contributed by atoms with Gasteiger partial charge in [0.25, 0.3) is 0 Å². The molecule has 1 heterocycles. The van der Waals surface area contributed by atoms with Gasteiger partial charge in [-0.15, -0.1) is 11.8 Å². The van der Waals surface area contributed by atoms with Gasteiger partial charge in [0.15, 0.2) is 0 Å². The van der Waals surface area contributed by atoms with Crippen molar-refractivity contribution in [3.8, 4) is 44.5 Å². The normalized spacial score (nSPS) is 16.9. The van der Waals surface area contributed by atoms with Crippen LogP contribution in [-0.2, 0) is 5.41 Å². The van der Waals surface area contributed by atoms with Crippen molar-refractivity contribution in [1.82, 2.24) is 0 Å². The highest BCUT2D eigenvalue weighted by molar-refractivity contribution is 8.00. The van der Waals surface area contributed by atoms with Crippen molar-refractivity contribution in [1.29, 1.82) is 0 Å². The summed E-state index contributed by atoms with van der Waals surface area (Å²) in [5.41, 5.74) is 17.6. The summed E-state index contributed by atoms with van der Waals surface area (Å²) in [6.07, 6.45) is 9.19. The second-order valence-electron chi connectivity index (χ2n) is 16.0. The van der Waals surface area contributed by atoms with Gasteiger partial charge in [0.05, 0.1) is 5.69 Å². The van der Waals surface area contributed by atoms with Gasteiger partial charge in [-0.05, 0) is 103 Å². The lowest BCUT2D eigenvalue weighted by Crippen LogP contribution is -2.17. The molecule has 1 nitrogen and oxygen atoms in total. The molecule has 8 aromatic carbocycles. The van der Waals surface area contributed by atoms with E-state index in [4.69, 9.17) is 0 Å². The van der Waals surface area contributed by atoms with E-state index in [1.54, 1.807) is 0 Å². The van der Waals surface area contributed by atoms with Gasteiger partial charge in [0, 0.05) is 38.4 Å². The number of rotatable bonds is 6. The zero-order valence-corrected chi connectivity index (χ0v) is 32.9. The fourth-order valence-electron chi connectivity index (χ4n) is 9.56. The summed E-state index contributed by atoms with van der Waals surface area (Å²) in [7, 11) is 0. The lowest BCUT2D eigenvalue weighted by atomic mass is 9.82. The van der Waals surface area contributed by atoms with Crippen LogP contribution < -0.4 is 4.90 Å². The van der Waals surface area contributed by atoms with Crippen LogP contribution in [0.15, 0.2) is 205 Å². The van der Waals surface area contributed by atoms with Crippen LogP contribution in [0.25, 0.3) is 55.3 Å². The van der Waals surface area contributed by atoms with Gasteiger partial charge in [0.1, 0.15) is 0 Å². The van der Waals surface area contributed by atoms with Gasteiger partial charge in [0.2, 0.25) is 0 Å². The van der Waals surface area contributed by atoms with Gasteiger partial charge < -0.3 is 4.90 Å². The topological polar surface area (TPSA) is 3.24 Å². The van der Waals surface area contributed by atoms with Crippen molar-refractivity contribution in [2.45, 2.75) is 35.3 Å². The molecule has 3 aliphatic rings. The second-order valence-corrected chi connectivity index (χ2v) is 17.2. The first-order valence-electron chi connectivity index (χ1n) is 20.0. The third-order valence-corrected chi connectivity index (χ3v) is 13.8. The number of anilines is 3. The number of allylic oxidation sites excluding steroid dienone is 3. The van der Waals surface area contributed by atoms with Crippen LogP contribution in [0.1, 0.15) is 36.5 Å². The molecule has 2 unspecified atom stereocenters. The number of hydrogen-bond donors (Lipinski definition) is 0. The van der Waals surface area contributed by atoms with E-state index >= 15 is 0 Å². The van der Waals surface area contributed by atoms with Crippen molar-refractivity contribution in [2.75, 3.05) is 4.90 Å². The largest absolute Gasteiger partial charge is 0.310 e. The summed E-state index contributed by atoms with van der Waals surface area (Å²) in [6, 6.07) is 65.4. The fraction of sp³-hybridized carbons (Fsp3) is 0.0909. The molecule has 2 heteroatoms. The number of fused-ring (bicyclic) bond motifs is 7. The molecule has 0 radical (unpaired) electrons. The standard InChI is InChI=1S/C55H41NS/c1-55(2)49-22-12-10-20-45(49)46-31-30-42(35-50(46)55)56(41-28-26-38(27-29-41)44-19-9-8-18-43(44)37-15-4-3-5-16-37)51-33-32-48-47-21-11-13-23-52(47)57-54(48)53(51)40-25-24-36-14-6-7-17-39(36)34-40/h3-35,47,52H,1-2H3. The zero-order valence-electron chi connectivity index (χ0n) is 32.1. The maximum atomic E-state index is 2.52. The Balaban J connectivity index is 1.13. The SMILES string of the molecule is CC1(C)c2ccccc2-c2ccc(N(c3ccc(-c4ccccc4-c4ccccc4)cc3)c3ccc4c(c3-c3ccc5ccccc5c3)SC3C=CC=CC43)cc21. The van der Waals surface area contributed by atoms with Crippen LogP contribution in [0.3, 0.4) is 0 Å². The molecular weight excluding hydrogens is 707 g/mol. The number of thioether (sulfide) groups is 1. The Kier molecular flexibility index (Phi) is 7.98. The van der Waals surface area contributed by atoms with E-state index in [1.807, 2.05) is 11.8 Å². The van der Waals surface area contributed by atoms with Gasteiger partial charge in [-0.1, -0.05) is 178 Å². The number of nitrogens with zero attached hydrogens (tertiary/aromatic N) is 1. The predicted octanol–water partition coefficient (Wildman–Crippen LogP) is 15.3. The first-order valence-corrected chi connectivity index (χ1v) is 20.9. The van der Waals surface area contributed by atoms with Gasteiger partial charge in [-0.25, -0.2) is 0 Å². The van der Waals surface area contributed by atoms with Gasteiger partial charge in [-0.2, -0.15) is 0 Å². The Morgan fingerprint density at radius 3 is 1.91 bits per heavy atom. The van der Waals surface area contributed by atoms with E-state index in [9.17, 15) is 0 Å². The van der Waals surface area contributed by atoms with Crippen molar-refractivity contribution in [2.24, 2.45) is 0 Å². The maximum absolute atomic E-state index is 2.52. The average molecular weight is 748 g/mol. The molecule has 1 aliphatic heterocycles. The van der Waals surface area contributed by atoms with Gasteiger partial charge in [-0.3, -0.25) is 0 Å². The van der Waals surface area contributed by atoms with Crippen LogP contribution in [0.4, 0.5) is 17.1 Å². The zero-order chi connectivity index (χ0) is 38.1. The minimum atomic E-state index is -0.123. The second kappa shape index (κ2) is 13.4. The van der Waals surface area contributed by atoms with E-state index < -0.39 is 0 Å². The summed E-state index contributed by atoms with van der Waals surface area (Å²) < 4.78 is 0.